The highest BCUT2D eigenvalue weighted by Gasteiger charge is 2.31. The number of nitrogens with zero attached hydrogens (tertiary/aromatic N) is 4. The molecule has 20 heavy (non-hydrogen) atoms. The SMILES string of the molecule is NCc1nnn(-c2ccc(Cl)c([N+](=O)[O-])c2)c1C1CC1. The number of nitrogens with two attached hydrogens (primary N) is 1. The summed E-state index contributed by atoms with van der Waals surface area (Å²) in [7, 11) is 0. The molecule has 1 heterocycles. The Morgan fingerprint density at radius 2 is 2.25 bits per heavy atom. The Morgan fingerprint density at radius 1 is 1.50 bits per heavy atom. The highest BCUT2D eigenvalue weighted by Crippen LogP contribution is 2.42. The Bertz CT molecular complexity index is 680. The van der Waals surface area contributed by atoms with Crippen LogP contribution in [0.2, 0.25) is 5.02 Å². The third-order valence-corrected chi connectivity index (χ3v) is 3.63. The molecule has 0 amide bonds. The zero-order valence-corrected chi connectivity index (χ0v) is 11.2. The monoisotopic (exact) mass is 293 g/mol. The van der Waals surface area contributed by atoms with Gasteiger partial charge in [-0.05, 0) is 25.0 Å². The second kappa shape index (κ2) is 4.84. The van der Waals surface area contributed by atoms with Crippen molar-refractivity contribution in [2.75, 3.05) is 0 Å². The fourth-order valence-electron chi connectivity index (χ4n) is 2.19. The number of halogens is 1. The first-order valence-corrected chi connectivity index (χ1v) is 6.58. The number of nitro benzene ring substituents is 1. The van der Waals surface area contributed by atoms with Crippen molar-refractivity contribution < 1.29 is 4.92 Å². The van der Waals surface area contributed by atoms with Gasteiger partial charge in [0.05, 0.1) is 16.3 Å². The number of hydrogen-bond acceptors (Lipinski definition) is 5. The molecule has 1 aromatic carbocycles. The lowest BCUT2D eigenvalue weighted by atomic mass is 10.2. The number of aromatic nitrogens is 3. The van der Waals surface area contributed by atoms with Gasteiger partial charge in [-0.15, -0.1) is 5.10 Å². The topological polar surface area (TPSA) is 99.9 Å². The van der Waals surface area contributed by atoms with E-state index in [0.29, 0.717) is 18.2 Å². The Hall–Kier alpha value is -1.99. The van der Waals surface area contributed by atoms with Gasteiger partial charge in [-0.2, -0.15) is 0 Å². The van der Waals surface area contributed by atoms with Crippen LogP contribution < -0.4 is 5.73 Å². The lowest BCUT2D eigenvalue weighted by molar-refractivity contribution is -0.384. The molecule has 0 aliphatic heterocycles. The molecule has 1 aliphatic rings. The zero-order chi connectivity index (χ0) is 14.3. The standard InChI is InChI=1S/C12H12ClN5O2/c13-9-4-3-8(5-11(9)18(19)20)17-12(7-1-2-7)10(6-14)15-16-17/h3-5,7H,1-2,6,14H2. The lowest BCUT2D eigenvalue weighted by Gasteiger charge is -2.07. The van der Waals surface area contributed by atoms with E-state index in [-0.39, 0.29) is 10.7 Å². The average molecular weight is 294 g/mol. The molecule has 0 unspecified atom stereocenters. The Morgan fingerprint density at radius 3 is 2.85 bits per heavy atom. The van der Waals surface area contributed by atoms with Crippen LogP contribution in [0, 0.1) is 10.1 Å². The van der Waals surface area contributed by atoms with E-state index in [0.717, 1.165) is 24.2 Å². The summed E-state index contributed by atoms with van der Waals surface area (Å²) >= 11 is 5.82. The highest BCUT2D eigenvalue weighted by atomic mass is 35.5. The fourth-order valence-corrected chi connectivity index (χ4v) is 2.38. The van der Waals surface area contributed by atoms with Gasteiger partial charge in [0, 0.05) is 18.5 Å². The van der Waals surface area contributed by atoms with E-state index in [4.69, 9.17) is 17.3 Å². The first-order valence-electron chi connectivity index (χ1n) is 6.20. The van der Waals surface area contributed by atoms with Gasteiger partial charge in [-0.3, -0.25) is 10.1 Å². The van der Waals surface area contributed by atoms with Crippen molar-refractivity contribution in [3.05, 3.63) is 44.7 Å². The minimum absolute atomic E-state index is 0.103. The van der Waals surface area contributed by atoms with Gasteiger partial charge >= 0.3 is 0 Å². The molecule has 0 bridgehead atoms. The van der Waals surface area contributed by atoms with E-state index in [1.807, 2.05) is 0 Å². The van der Waals surface area contributed by atoms with Crippen LogP contribution in [0.5, 0.6) is 0 Å². The number of rotatable bonds is 4. The van der Waals surface area contributed by atoms with E-state index in [2.05, 4.69) is 10.3 Å². The van der Waals surface area contributed by atoms with Crippen molar-refractivity contribution in [2.45, 2.75) is 25.3 Å². The third kappa shape index (κ3) is 2.14. The predicted molar refractivity (Wildman–Crippen MR) is 72.9 cm³/mol. The van der Waals surface area contributed by atoms with E-state index in [1.165, 1.54) is 12.1 Å². The summed E-state index contributed by atoms with van der Waals surface area (Å²) in [5.74, 6) is 0.387. The average Bonchev–Trinajstić information content (AvgIpc) is 3.18. The van der Waals surface area contributed by atoms with E-state index < -0.39 is 4.92 Å². The van der Waals surface area contributed by atoms with E-state index in [9.17, 15) is 10.1 Å². The molecule has 104 valence electrons. The summed E-state index contributed by atoms with van der Waals surface area (Å²) in [6, 6.07) is 4.59. The van der Waals surface area contributed by atoms with Crippen LogP contribution in [0.3, 0.4) is 0 Å². The van der Waals surface area contributed by atoms with Gasteiger partial charge in [-0.25, -0.2) is 4.68 Å². The molecule has 0 radical (unpaired) electrons. The second-order valence-corrected chi connectivity index (χ2v) is 5.11. The molecule has 1 aliphatic carbocycles. The van der Waals surface area contributed by atoms with Crippen LogP contribution in [0.25, 0.3) is 5.69 Å². The number of nitro groups is 1. The number of benzene rings is 1. The molecule has 1 fully saturated rings. The molecule has 0 saturated heterocycles. The highest BCUT2D eigenvalue weighted by molar-refractivity contribution is 6.32. The molecule has 0 spiro atoms. The Balaban J connectivity index is 2.11. The van der Waals surface area contributed by atoms with Crippen molar-refractivity contribution >= 4 is 17.3 Å². The molecule has 7 nitrogen and oxygen atoms in total. The molecular weight excluding hydrogens is 282 g/mol. The molecule has 2 aromatic rings. The van der Waals surface area contributed by atoms with Crippen LogP contribution in [0.1, 0.15) is 30.1 Å². The van der Waals surface area contributed by atoms with Crippen LogP contribution in [0.15, 0.2) is 18.2 Å². The quantitative estimate of drug-likeness (QED) is 0.688. The van der Waals surface area contributed by atoms with Crippen molar-refractivity contribution in [2.24, 2.45) is 5.73 Å². The number of hydrogen-bond donors (Lipinski definition) is 1. The zero-order valence-electron chi connectivity index (χ0n) is 10.5. The normalized spacial score (nSPS) is 14.5. The summed E-state index contributed by atoms with van der Waals surface area (Å²) in [5.41, 5.74) is 7.79. The van der Waals surface area contributed by atoms with Crippen LogP contribution >= 0.6 is 11.6 Å². The molecule has 2 N–H and O–H groups in total. The van der Waals surface area contributed by atoms with Gasteiger partial charge in [0.15, 0.2) is 0 Å². The summed E-state index contributed by atoms with van der Waals surface area (Å²) in [4.78, 5) is 10.4. The van der Waals surface area contributed by atoms with Gasteiger partial charge in [-0.1, -0.05) is 16.8 Å². The Kier molecular flexibility index (Phi) is 3.15. The largest absolute Gasteiger partial charge is 0.325 e. The van der Waals surface area contributed by atoms with Gasteiger partial charge in [0.2, 0.25) is 0 Å². The maximum atomic E-state index is 11.0. The minimum Gasteiger partial charge on any atom is -0.325 e. The molecular formula is C12H12ClN5O2. The van der Waals surface area contributed by atoms with Gasteiger partial charge < -0.3 is 5.73 Å². The Labute approximate surface area is 119 Å². The second-order valence-electron chi connectivity index (χ2n) is 4.70. The van der Waals surface area contributed by atoms with Crippen LogP contribution in [0.4, 0.5) is 5.69 Å². The van der Waals surface area contributed by atoms with Crippen molar-refractivity contribution in [3.63, 3.8) is 0 Å². The third-order valence-electron chi connectivity index (χ3n) is 3.31. The molecule has 1 aromatic heterocycles. The first-order chi connectivity index (χ1) is 9.61. The smallest absolute Gasteiger partial charge is 0.290 e. The lowest BCUT2D eigenvalue weighted by Crippen LogP contribution is -2.05. The maximum Gasteiger partial charge on any atom is 0.290 e. The molecule has 0 atom stereocenters. The summed E-state index contributed by atoms with van der Waals surface area (Å²) in [6.07, 6.45) is 2.13. The maximum absolute atomic E-state index is 11.0. The molecule has 1 saturated carbocycles. The van der Waals surface area contributed by atoms with Crippen LogP contribution in [-0.4, -0.2) is 19.9 Å². The molecule has 8 heteroatoms. The van der Waals surface area contributed by atoms with Gasteiger partial charge in [0.1, 0.15) is 10.7 Å². The van der Waals surface area contributed by atoms with E-state index in [1.54, 1.807) is 10.7 Å². The van der Waals surface area contributed by atoms with Crippen molar-refractivity contribution in [1.82, 2.24) is 15.0 Å². The molecule has 3 rings (SSSR count). The van der Waals surface area contributed by atoms with Crippen LogP contribution in [-0.2, 0) is 6.54 Å². The van der Waals surface area contributed by atoms with Crippen molar-refractivity contribution in [1.29, 1.82) is 0 Å². The van der Waals surface area contributed by atoms with E-state index >= 15 is 0 Å². The summed E-state index contributed by atoms with van der Waals surface area (Å²) < 4.78 is 1.63. The van der Waals surface area contributed by atoms with Gasteiger partial charge in [0.25, 0.3) is 5.69 Å². The first kappa shape index (κ1) is 13.0. The predicted octanol–water partition coefficient (Wildman–Crippen LogP) is 2.17. The van der Waals surface area contributed by atoms with Crippen molar-refractivity contribution in [3.8, 4) is 5.69 Å². The summed E-state index contributed by atoms with van der Waals surface area (Å²) in [6.45, 7) is 0.307. The summed E-state index contributed by atoms with van der Waals surface area (Å²) in [5, 5.41) is 19.2. The minimum atomic E-state index is -0.511. The fraction of sp³-hybridized carbons (Fsp3) is 0.333.